The molecule has 186 valence electrons. The minimum absolute atomic E-state index is 0.0184. The molecule has 4 aromatic rings. The number of halogens is 1. The van der Waals surface area contributed by atoms with E-state index in [0.717, 1.165) is 25.2 Å². The molecule has 0 atom stereocenters. The van der Waals surface area contributed by atoms with E-state index >= 15 is 0 Å². The normalized spacial score (nSPS) is 14.3. The molecule has 2 amide bonds. The van der Waals surface area contributed by atoms with Crippen molar-refractivity contribution < 1.29 is 18.4 Å². The number of benzene rings is 2. The Bertz CT molecular complexity index is 1400. The van der Waals surface area contributed by atoms with Gasteiger partial charge in [-0.15, -0.1) is 0 Å². The predicted molar refractivity (Wildman–Crippen MR) is 134 cm³/mol. The summed E-state index contributed by atoms with van der Waals surface area (Å²) in [5.74, 6) is -1.06. The van der Waals surface area contributed by atoms with Crippen molar-refractivity contribution in [1.29, 1.82) is 0 Å². The molecule has 2 aromatic heterocycles. The molecule has 0 radical (unpaired) electrons. The number of aromatic nitrogens is 2. The Balaban J connectivity index is 1.27. The Morgan fingerprint density at radius 2 is 1.81 bits per heavy atom. The molecule has 36 heavy (non-hydrogen) atoms. The topological polar surface area (TPSA) is 103 Å². The summed E-state index contributed by atoms with van der Waals surface area (Å²) in [5.41, 5.74) is 1.75. The lowest BCUT2D eigenvalue weighted by Gasteiger charge is -2.26. The van der Waals surface area contributed by atoms with Gasteiger partial charge < -0.3 is 15.1 Å². The van der Waals surface area contributed by atoms with Gasteiger partial charge in [-0.25, -0.2) is 4.39 Å². The number of anilines is 1. The van der Waals surface area contributed by atoms with E-state index in [1.54, 1.807) is 44.2 Å². The molecule has 0 unspecified atom stereocenters. The molecule has 1 aliphatic rings. The van der Waals surface area contributed by atoms with Gasteiger partial charge in [-0.2, -0.15) is 5.10 Å². The van der Waals surface area contributed by atoms with Crippen molar-refractivity contribution in [2.45, 2.75) is 38.8 Å². The second-order valence-electron chi connectivity index (χ2n) is 9.62. The summed E-state index contributed by atoms with van der Waals surface area (Å²) in [5, 5.41) is 12.4. The van der Waals surface area contributed by atoms with Crippen LogP contribution < -0.4 is 10.6 Å². The summed E-state index contributed by atoms with van der Waals surface area (Å²) in [4.78, 5) is 28.1. The van der Waals surface area contributed by atoms with E-state index in [2.05, 4.69) is 25.7 Å². The lowest BCUT2D eigenvalue weighted by Crippen LogP contribution is -2.41. The quantitative estimate of drug-likeness (QED) is 0.346. The molecule has 9 heteroatoms. The van der Waals surface area contributed by atoms with Crippen LogP contribution in [0.15, 0.2) is 59.0 Å². The van der Waals surface area contributed by atoms with Crippen LogP contribution in [0.2, 0.25) is 0 Å². The Hall–Kier alpha value is -3.98. The van der Waals surface area contributed by atoms with Gasteiger partial charge in [-0.3, -0.25) is 19.6 Å². The largest absolute Gasteiger partial charge is 0.445 e. The number of hydrogen-bond acceptors (Lipinski definition) is 5. The minimum atomic E-state index is -0.973. The smallest absolute Gasteiger partial charge is 0.287 e. The number of nitrogens with zero attached hydrogens (tertiary/aromatic N) is 2. The average Bonchev–Trinajstić information content (AvgIpc) is 3.59. The van der Waals surface area contributed by atoms with Gasteiger partial charge >= 0.3 is 0 Å². The van der Waals surface area contributed by atoms with Gasteiger partial charge in [0.15, 0.2) is 17.2 Å². The van der Waals surface area contributed by atoms with Crippen molar-refractivity contribution in [2.24, 2.45) is 0 Å². The van der Waals surface area contributed by atoms with Crippen LogP contribution >= 0.6 is 0 Å². The number of hydrogen-bond donors (Lipinski definition) is 3. The molecule has 1 saturated heterocycles. The van der Waals surface area contributed by atoms with Crippen molar-refractivity contribution in [3.8, 4) is 0 Å². The zero-order valence-electron chi connectivity index (χ0n) is 20.2. The van der Waals surface area contributed by atoms with Crippen LogP contribution in [0.4, 0.5) is 10.2 Å². The number of aromatic amines is 1. The number of amides is 2. The van der Waals surface area contributed by atoms with E-state index < -0.39 is 17.3 Å². The highest BCUT2D eigenvalue weighted by Gasteiger charge is 2.28. The fourth-order valence-electron chi connectivity index (χ4n) is 4.53. The molecule has 3 heterocycles. The summed E-state index contributed by atoms with van der Waals surface area (Å²) in [7, 11) is 0. The summed E-state index contributed by atoms with van der Waals surface area (Å²) >= 11 is 0. The number of nitrogens with one attached hydrogen (secondary N) is 3. The number of carbonyl (C=O) groups excluding carboxylic acids is 2. The van der Waals surface area contributed by atoms with Crippen molar-refractivity contribution >= 4 is 28.7 Å². The highest BCUT2D eigenvalue weighted by atomic mass is 19.1. The highest BCUT2D eigenvalue weighted by molar-refractivity contribution is 6.07. The molecule has 5 rings (SSSR count). The van der Waals surface area contributed by atoms with Gasteiger partial charge in [0, 0.05) is 23.7 Å². The second kappa shape index (κ2) is 9.58. The van der Waals surface area contributed by atoms with Crippen LogP contribution in [-0.4, -0.2) is 40.0 Å². The molecule has 0 aliphatic carbocycles. The maximum Gasteiger partial charge on any atom is 0.287 e. The SMILES string of the molecule is CC(C)(NC(=O)c1cc2[nH]nc(NC(=O)c3ccc(CN4CCCC4)cc3)c2o1)c1ccccc1F. The van der Waals surface area contributed by atoms with E-state index in [1.165, 1.54) is 25.0 Å². The lowest BCUT2D eigenvalue weighted by atomic mass is 9.93. The molecule has 0 saturated carbocycles. The van der Waals surface area contributed by atoms with Crippen molar-refractivity contribution in [1.82, 2.24) is 20.4 Å². The van der Waals surface area contributed by atoms with E-state index in [1.807, 2.05) is 12.1 Å². The summed E-state index contributed by atoms with van der Waals surface area (Å²) < 4.78 is 20.0. The third-order valence-electron chi connectivity index (χ3n) is 6.49. The first-order valence-electron chi connectivity index (χ1n) is 12.0. The molecule has 1 fully saturated rings. The Labute approximate surface area is 207 Å². The molecule has 8 nitrogen and oxygen atoms in total. The maximum absolute atomic E-state index is 14.3. The number of likely N-dealkylation sites (tertiary alicyclic amines) is 1. The first kappa shape index (κ1) is 23.7. The third kappa shape index (κ3) is 4.87. The minimum Gasteiger partial charge on any atom is -0.445 e. The number of carbonyl (C=O) groups is 2. The van der Waals surface area contributed by atoms with Gasteiger partial charge in [0.25, 0.3) is 11.8 Å². The van der Waals surface area contributed by atoms with Gasteiger partial charge in [0.1, 0.15) is 11.3 Å². The van der Waals surface area contributed by atoms with Gasteiger partial charge in [-0.1, -0.05) is 30.3 Å². The molecular weight excluding hydrogens is 461 g/mol. The zero-order chi connectivity index (χ0) is 25.3. The van der Waals surface area contributed by atoms with Crippen LogP contribution in [0.25, 0.3) is 11.1 Å². The first-order chi connectivity index (χ1) is 17.3. The van der Waals surface area contributed by atoms with E-state index in [4.69, 9.17) is 4.42 Å². The maximum atomic E-state index is 14.3. The van der Waals surface area contributed by atoms with Crippen LogP contribution in [0.3, 0.4) is 0 Å². The lowest BCUT2D eigenvalue weighted by molar-refractivity contribution is 0.0884. The molecule has 3 N–H and O–H groups in total. The van der Waals surface area contributed by atoms with Crippen LogP contribution in [0.1, 0.15) is 58.7 Å². The van der Waals surface area contributed by atoms with Crippen LogP contribution in [0, 0.1) is 5.82 Å². The third-order valence-corrected chi connectivity index (χ3v) is 6.49. The zero-order valence-corrected chi connectivity index (χ0v) is 20.2. The number of rotatable bonds is 7. The second-order valence-corrected chi connectivity index (χ2v) is 9.62. The molecular formula is C27H28FN5O3. The Morgan fingerprint density at radius 3 is 2.53 bits per heavy atom. The van der Waals surface area contributed by atoms with Gasteiger partial charge in [0.2, 0.25) is 0 Å². The molecule has 1 aliphatic heterocycles. The highest BCUT2D eigenvalue weighted by Crippen LogP contribution is 2.27. The van der Waals surface area contributed by atoms with Crippen molar-refractivity contribution in [3.05, 3.63) is 82.9 Å². The standard InChI is InChI=1S/C27H28FN5O3/c1-27(2,19-7-3-4-8-20(19)28)30-26(35)22-15-21-23(36-22)24(32-31-21)29-25(34)18-11-9-17(10-12-18)16-33-13-5-6-14-33/h3-4,7-12,15H,5-6,13-14,16H2,1-2H3,(H,30,35)(H2,29,31,32,34). The Morgan fingerprint density at radius 1 is 1.08 bits per heavy atom. The number of H-pyrrole nitrogens is 1. The van der Waals surface area contributed by atoms with Crippen LogP contribution in [-0.2, 0) is 12.1 Å². The first-order valence-corrected chi connectivity index (χ1v) is 12.0. The molecule has 2 aromatic carbocycles. The monoisotopic (exact) mass is 489 g/mol. The van der Waals surface area contributed by atoms with Gasteiger partial charge in [-0.05, 0) is 63.5 Å². The summed E-state index contributed by atoms with van der Waals surface area (Å²) in [6.07, 6.45) is 2.47. The number of fused-ring (bicyclic) bond motifs is 1. The number of furan rings is 1. The molecule has 0 spiro atoms. The predicted octanol–water partition coefficient (Wildman–Crippen LogP) is 4.81. The van der Waals surface area contributed by atoms with Crippen molar-refractivity contribution in [3.63, 3.8) is 0 Å². The average molecular weight is 490 g/mol. The van der Waals surface area contributed by atoms with E-state index in [-0.39, 0.29) is 23.1 Å². The van der Waals surface area contributed by atoms with Crippen LogP contribution in [0.5, 0.6) is 0 Å². The van der Waals surface area contributed by atoms with E-state index in [0.29, 0.717) is 16.6 Å². The fraction of sp³-hybridized carbons (Fsp3) is 0.296. The van der Waals surface area contributed by atoms with E-state index in [9.17, 15) is 14.0 Å². The van der Waals surface area contributed by atoms with Crippen molar-refractivity contribution in [2.75, 3.05) is 18.4 Å². The summed E-state index contributed by atoms with van der Waals surface area (Å²) in [6, 6.07) is 15.3. The fourth-order valence-corrected chi connectivity index (χ4v) is 4.53. The summed E-state index contributed by atoms with van der Waals surface area (Å²) in [6.45, 7) is 6.53. The molecule has 0 bridgehead atoms. The Kier molecular flexibility index (Phi) is 6.32. The van der Waals surface area contributed by atoms with Gasteiger partial charge in [0.05, 0.1) is 5.54 Å².